The third kappa shape index (κ3) is 2.46. The number of carbonyl (C=O) groups is 2. The van der Waals surface area contributed by atoms with Crippen LogP contribution in [0.4, 0.5) is 0 Å². The molecular formula is C18H24N2O4. The van der Waals surface area contributed by atoms with Crippen LogP contribution in [0, 0.1) is 13.8 Å². The van der Waals surface area contributed by atoms with Crippen LogP contribution in [0.2, 0.25) is 0 Å². The van der Waals surface area contributed by atoms with E-state index in [1.54, 1.807) is 12.2 Å². The van der Waals surface area contributed by atoms with Crippen LogP contribution in [0.1, 0.15) is 35.4 Å². The number of piperidine rings is 1. The molecule has 2 saturated heterocycles. The molecule has 0 N–H and O–H groups in total. The first-order chi connectivity index (χ1) is 11.4. The molecular weight excluding hydrogens is 308 g/mol. The van der Waals surface area contributed by atoms with Gasteiger partial charge in [0.05, 0.1) is 14.2 Å². The lowest BCUT2D eigenvalue weighted by Gasteiger charge is -2.40. The smallest absolute Gasteiger partial charge is 0.262 e. The van der Waals surface area contributed by atoms with Gasteiger partial charge in [-0.2, -0.15) is 5.06 Å². The third-order valence-corrected chi connectivity index (χ3v) is 5.28. The Bertz CT molecular complexity index is 665. The number of nitrogens with zero attached hydrogens (tertiary/aromatic N) is 2. The van der Waals surface area contributed by atoms with Gasteiger partial charge in [-0.3, -0.25) is 14.4 Å². The summed E-state index contributed by atoms with van der Waals surface area (Å²) in [5.74, 6) is -1.10. The summed E-state index contributed by atoms with van der Waals surface area (Å²) < 4.78 is 0. The van der Waals surface area contributed by atoms with Crippen LogP contribution in [-0.2, 0) is 19.3 Å². The molecule has 2 heterocycles. The molecule has 1 spiro atoms. The van der Waals surface area contributed by atoms with Gasteiger partial charge in [-0.15, -0.1) is 0 Å². The monoisotopic (exact) mass is 332 g/mol. The van der Waals surface area contributed by atoms with E-state index in [0.29, 0.717) is 25.9 Å². The average Bonchev–Trinajstić information content (AvgIpc) is 2.76. The van der Waals surface area contributed by atoms with Gasteiger partial charge in [0.1, 0.15) is 11.5 Å². The molecule has 0 aromatic heterocycles. The van der Waals surface area contributed by atoms with Gasteiger partial charge in [0.2, 0.25) is 0 Å². The van der Waals surface area contributed by atoms with Gasteiger partial charge in [-0.25, -0.2) is 5.06 Å². The summed E-state index contributed by atoms with van der Waals surface area (Å²) in [6.45, 7) is 5.13. The van der Waals surface area contributed by atoms with Gasteiger partial charge < -0.3 is 4.84 Å². The molecule has 0 radical (unpaired) electrons. The van der Waals surface area contributed by atoms with Crippen LogP contribution in [-0.4, -0.2) is 54.7 Å². The molecule has 0 bridgehead atoms. The lowest BCUT2D eigenvalue weighted by atomic mass is 9.80. The first kappa shape index (κ1) is 17.1. The largest absolute Gasteiger partial charge is 0.302 e. The van der Waals surface area contributed by atoms with Crippen LogP contribution in [0.25, 0.3) is 0 Å². The van der Waals surface area contributed by atoms with E-state index >= 15 is 0 Å². The minimum atomic E-state index is -0.886. The maximum absolute atomic E-state index is 13.3. The minimum absolute atomic E-state index is 0.0583. The fraction of sp³-hybridized carbons (Fsp3) is 0.556. The molecule has 1 unspecified atom stereocenters. The molecule has 2 fully saturated rings. The van der Waals surface area contributed by atoms with Crippen molar-refractivity contribution < 1.29 is 19.3 Å². The number of rotatable bonds is 3. The normalized spacial score (nSPS) is 24.2. The zero-order valence-corrected chi connectivity index (χ0v) is 14.7. The standard InChI is InChI=1S/C18H24N2O4/c1-12-5-6-14(13(2)11-12)15-16(21)18(20(24-4)17(15)22)7-9-19(23-3)10-8-18/h5-6,11,15H,7-10H2,1-4H3. The van der Waals surface area contributed by atoms with E-state index in [1.165, 1.54) is 12.2 Å². The Hall–Kier alpha value is -1.76. The summed E-state index contributed by atoms with van der Waals surface area (Å²) in [7, 11) is 3.08. The van der Waals surface area contributed by atoms with Crippen molar-refractivity contribution in [1.29, 1.82) is 0 Å². The first-order valence-corrected chi connectivity index (χ1v) is 8.23. The quantitative estimate of drug-likeness (QED) is 0.790. The summed E-state index contributed by atoms with van der Waals surface area (Å²) in [6, 6.07) is 5.84. The lowest BCUT2D eigenvalue weighted by molar-refractivity contribution is -0.219. The highest BCUT2D eigenvalue weighted by atomic mass is 16.7. The van der Waals surface area contributed by atoms with E-state index < -0.39 is 11.5 Å². The highest BCUT2D eigenvalue weighted by Crippen LogP contribution is 2.43. The van der Waals surface area contributed by atoms with Crippen molar-refractivity contribution in [3.8, 4) is 0 Å². The van der Waals surface area contributed by atoms with Crippen molar-refractivity contribution in [1.82, 2.24) is 10.1 Å². The molecule has 0 aliphatic carbocycles. The number of aryl methyl sites for hydroxylation is 2. The summed E-state index contributed by atoms with van der Waals surface area (Å²) in [5, 5.41) is 3.12. The molecule has 6 nitrogen and oxygen atoms in total. The van der Waals surface area contributed by atoms with E-state index in [0.717, 1.165) is 16.7 Å². The van der Waals surface area contributed by atoms with Crippen molar-refractivity contribution in [2.45, 2.75) is 38.1 Å². The van der Waals surface area contributed by atoms with Gasteiger partial charge in [-0.05, 0) is 37.8 Å². The summed E-state index contributed by atoms with van der Waals surface area (Å²) in [5.41, 5.74) is 1.97. The Kier molecular flexibility index (Phi) is 4.46. The van der Waals surface area contributed by atoms with Crippen molar-refractivity contribution in [2.75, 3.05) is 27.3 Å². The van der Waals surface area contributed by atoms with Gasteiger partial charge in [-0.1, -0.05) is 23.8 Å². The van der Waals surface area contributed by atoms with Crippen LogP contribution in [0.3, 0.4) is 0 Å². The molecule has 1 aromatic rings. The van der Waals surface area contributed by atoms with Gasteiger partial charge >= 0.3 is 0 Å². The van der Waals surface area contributed by atoms with E-state index in [-0.39, 0.29) is 11.7 Å². The SMILES string of the molecule is CON1CCC2(CC1)C(=O)C(c1ccc(C)cc1C)C(=O)N2OC. The molecule has 2 aliphatic rings. The Balaban J connectivity index is 1.99. The minimum Gasteiger partial charge on any atom is -0.302 e. The van der Waals surface area contributed by atoms with Crippen molar-refractivity contribution in [3.05, 3.63) is 34.9 Å². The van der Waals surface area contributed by atoms with Gasteiger partial charge in [0.15, 0.2) is 5.78 Å². The highest BCUT2D eigenvalue weighted by Gasteiger charge is 2.60. The first-order valence-electron chi connectivity index (χ1n) is 8.23. The zero-order chi connectivity index (χ0) is 17.5. The van der Waals surface area contributed by atoms with Gasteiger partial charge in [0, 0.05) is 13.1 Å². The van der Waals surface area contributed by atoms with E-state index in [4.69, 9.17) is 9.68 Å². The second-order valence-corrected chi connectivity index (χ2v) is 6.62. The molecule has 1 amide bonds. The van der Waals surface area contributed by atoms with Crippen LogP contribution in [0.5, 0.6) is 0 Å². The van der Waals surface area contributed by atoms with E-state index in [9.17, 15) is 9.59 Å². The Morgan fingerprint density at radius 3 is 2.29 bits per heavy atom. The van der Waals surface area contributed by atoms with E-state index in [1.807, 2.05) is 32.0 Å². The van der Waals surface area contributed by atoms with E-state index in [2.05, 4.69) is 0 Å². The molecule has 24 heavy (non-hydrogen) atoms. The third-order valence-electron chi connectivity index (χ3n) is 5.28. The fourth-order valence-electron chi connectivity index (χ4n) is 3.99. The number of ketones is 1. The molecule has 1 atom stereocenters. The maximum Gasteiger partial charge on any atom is 0.262 e. The van der Waals surface area contributed by atoms with Crippen molar-refractivity contribution in [2.24, 2.45) is 0 Å². The lowest BCUT2D eigenvalue weighted by Crippen LogP contribution is -2.55. The molecule has 1 aromatic carbocycles. The molecule has 0 saturated carbocycles. The fourth-order valence-corrected chi connectivity index (χ4v) is 3.99. The van der Waals surface area contributed by atoms with Crippen LogP contribution >= 0.6 is 0 Å². The molecule has 2 aliphatic heterocycles. The summed E-state index contributed by atoms with van der Waals surface area (Å²) >= 11 is 0. The number of hydroxylamine groups is 4. The van der Waals surface area contributed by atoms with Crippen molar-refractivity contribution >= 4 is 11.7 Å². The van der Waals surface area contributed by atoms with Crippen molar-refractivity contribution in [3.63, 3.8) is 0 Å². The highest BCUT2D eigenvalue weighted by molar-refractivity contribution is 6.17. The van der Waals surface area contributed by atoms with Crippen LogP contribution in [0.15, 0.2) is 18.2 Å². The number of amides is 1. The average molecular weight is 332 g/mol. The second-order valence-electron chi connectivity index (χ2n) is 6.62. The Morgan fingerprint density at radius 2 is 1.75 bits per heavy atom. The molecule has 130 valence electrons. The summed E-state index contributed by atoms with van der Waals surface area (Å²) in [6.07, 6.45) is 1.03. The predicted molar refractivity (Wildman–Crippen MR) is 88.1 cm³/mol. The number of hydrogen-bond donors (Lipinski definition) is 0. The number of benzene rings is 1. The topological polar surface area (TPSA) is 59.1 Å². The molecule has 3 rings (SSSR count). The van der Waals surface area contributed by atoms with Gasteiger partial charge in [0.25, 0.3) is 5.91 Å². The van der Waals surface area contributed by atoms with Crippen LogP contribution < -0.4 is 0 Å². The maximum atomic E-state index is 13.3. The summed E-state index contributed by atoms with van der Waals surface area (Å²) in [4.78, 5) is 36.9. The number of hydrogen-bond acceptors (Lipinski definition) is 5. The predicted octanol–water partition coefficient (Wildman–Crippen LogP) is 1.76. The second kappa shape index (κ2) is 6.27. The number of Topliss-reactive ketones (excluding diaryl/α,β-unsaturated/α-hetero) is 1. The Morgan fingerprint density at radius 1 is 1.08 bits per heavy atom. The Labute approximate surface area is 142 Å². The molecule has 6 heteroatoms. The zero-order valence-electron chi connectivity index (χ0n) is 14.7. The number of carbonyl (C=O) groups excluding carboxylic acids is 2.